The van der Waals surface area contributed by atoms with Gasteiger partial charge in [0.15, 0.2) is 6.23 Å². The quantitative estimate of drug-likeness (QED) is 0.358. The van der Waals surface area contributed by atoms with Crippen LogP contribution in [-0.4, -0.2) is 22.2 Å². The summed E-state index contributed by atoms with van der Waals surface area (Å²) in [5.74, 6) is 0. The molecule has 0 fully saturated rings. The number of aryl methyl sites for hydroxylation is 1. The van der Waals surface area contributed by atoms with E-state index in [1.54, 1.807) is 19.1 Å². The van der Waals surface area contributed by atoms with E-state index in [2.05, 4.69) is 15.0 Å². The van der Waals surface area contributed by atoms with E-state index in [0.29, 0.717) is 5.56 Å². The summed E-state index contributed by atoms with van der Waals surface area (Å²) in [5, 5.41) is 3.49. The molecule has 2 atom stereocenters. The Labute approximate surface area is 101 Å². The molecule has 0 radical (unpaired) electrons. The number of hydrogen-bond acceptors (Lipinski definition) is 4. The maximum absolute atomic E-state index is 11.6. The molecular weight excluding hydrogens is 238 g/mol. The molecule has 0 aliphatic carbocycles. The minimum absolute atomic E-state index is 0.190. The van der Waals surface area contributed by atoms with E-state index in [0.717, 1.165) is 0 Å². The lowest BCUT2D eigenvalue weighted by Crippen LogP contribution is -2.35. The number of aromatic amines is 1. The summed E-state index contributed by atoms with van der Waals surface area (Å²) in [5.41, 5.74) is 7.75. The molecule has 1 aromatic heterocycles. The first-order valence-corrected chi connectivity index (χ1v) is 5.28. The second-order valence-electron chi connectivity index (χ2n) is 3.86. The van der Waals surface area contributed by atoms with Crippen molar-refractivity contribution in [2.24, 2.45) is 5.11 Å². The van der Waals surface area contributed by atoms with Crippen LogP contribution in [0.5, 0.6) is 0 Å². The van der Waals surface area contributed by atoms with Gasteiger partial charge in [0.1, 0.15) is 0 Å². The largest absolute Gasteiger partial charge is 0.353 e. The number of aromatic nitrogens is 2. The van der Waals surface area contributed by atoms with Crippen molar-refractivity contribution in [1.29, 1.82) is 0 Å². The molecule has 8 nitrogen and oxygen atoms in total. The zero-order valence-corrected chi connectivity index (χ0v) is 9.61. The van der Waals surface area contributed by atoms with Gasteiger partial charge in [-0.15, -0.1) is 0 Å². The molecule has 1 aromatic rings. The van der Waals surface area contributed by atoms with Crippen molar-refractivity contribution in [1.82, 2.24) is 9.55 Å². The fraction of sp³-hybridized carbons (Fsp3) is 0.400. The van der Waals surface area contributed by atoms with Gasteiger partial charge in [0, 0.05) is 16.7 Å². The first-order chi connectivity index (χ1) is 8.61. The fourth-order valence-electron chi connectivity index (χ4n) is 1.62. The van der Waals surface area contributed by atoms with Crippen molar-refractivity contribution >= 4 is 0 Å². The third-order valence-corrected chi connectivity index (χ3v) is 2.56. The van der Waals surface area contributed by atoms with Crippen LogP contribution < -0.4 is 11.2 Å². The van der Waals surface area contributed by atoms with Crippen LogP contribution in [0.25, 0.3) is 10.4 Å². The maximum atomic E-state index is 11.6. The number of nitrogens with zero attached hydrogens (tertiary/aromatic N) is 4. The molecule has 1 aliphatic rings. The van der Waals surface area contributed by atoms with Gasteiger partial charge >= 0.3 is 5.69 Å². The van der Waals surface area contributed by atoms with Crippen LogP contribution in [0.1, 0.15) is 11.8 Å². The first-order valence-electron chi connectivity index (χ1n) is 5.28. The number of nitrogens with one attached hydrogen (secondary N) is 1. The van der Waals surface area contributed by atoms with Crippen LogP contribution in [0, 0.1) is 6.92 Å². The zero-order valence-electron chi connectivity index (χ0n) is 9.61. The van der Waals surface area contributed by atoms with Crippen LogP contribution in [0.3, 0.4) is 0 Å². The van der Waals surface area contributed by atoms with Crippen molar-refractivity contribution in [3.05, 3.63) is 55.2 Å². The number of ether oxygens (including phenoxy) is 1. The lowest BCUT2D eigenvalue weighted by molar-refractivity contribution is 0.0220. The van der Waals surface area contributed by atoms with Crippen molar-refractivity contribution in [2.75, 3.05) is 6.61 Å². The van der Waals surface area contributed by atoms with Gasteiger partial charge in [0.05, 0.1) is 12.6 Å². The molecule has 1 N–H and O–H groups in total. The van der Waals surface area contributed by atoms with E-state index in [1.165, 1.54) is 10.8 Å². The van der Waals surface area contributed by atoms with Crippen LogP contribution in [0.2, 0.25) is 0 Å². The Hall–Kier alpha value is -2.31. The highest BCUT2D eigenvalue weighted by atomic mass is 16.5. The first kappa shape index (κ1) is 12.2. The Balaban J connectivity index is 2.32. The Bertz CT molecular complexity index is 638. The fourth-order valence-corrected chi connectivity index (χ4v) is 1.62. The molecule has 0 saturated carbocycles. The van der Waals surface area contributed by atoms with E-state index < -0.39 is 17.5 Å². The Morgan fingerprint density at radius 3 is 2.94 bits per heavy atom. The smallest absolute Gasteiger partial charge is 0.330 e. The van der Waals surface area contributed by atoms with Crippen molar-refractivity contribution in [2.45, 2.75) is 19.2 Å². The average Bonchev–Trinajstić information content (AvgIpc) is 2.35. The highest BCUT2D eigenvalue weighted by molar-refractivity contribution is 5.06. The molecule has 2 rings (SSSR count). The van der Waals surface area contributed by atoms with E-state index in [1.807, 2.05) is 0 Å². The minimum Gasteiger partial charge on any atom is -0.353 e. The molecule has 0 bridgehead atoms. The number of rotatable bonds is 2. The van der Waals surface area contributed by atoms with Crippen LogP contribution in [0.15, 0.2) is 33.1 Å². The Morgan fingerprint density at radius 2 is 2.33 bits per heavy atom. The standard InChI is InChI=1S/C10H11N5O3/c1-6-4-15(10(17)12-9(6)16)8-3-2-7(5-18-8)13-14-11/h2-4,7-8H,5H2,1H3,(H,12,16,17)/t7-,8+/m1/s1. The van der Waals surface area contributed by atoms with Gasteiger partial charge in [-0.1, -0.05) is 11.2 Å². The molecule has 8 heteroatoms. The summed E-state index contributed by atoms with van der Waals surface area (Å²) in [6.07, 6.45) is 4.12. The van der Waals surface area contributed by atoms with Crippen LogP contribution in [0.4, 0.5) is 0 Å². The molecular formula is C10H11N5O3. The molecule has 94 valence electrons. The molecule has 0 unspecified atom stereocenters. The van der Waals surface area contributed by atoms with E-state index >= 15 is 0 Å². The van der Waals surface area contributed by atoms with Gasteiger partial charge in [-0.25, -0.2) is 4.79 Å². The predicted octanol–water partition coefficient (Wildman–Crippen LogP) is 0.609. The summed E-state index contributed by atoms with van der Waals surface area (Å²) < 4.78 is 6.67. The van der Waals surface area contributed by atoms with Crippen LogP contribution >= 0.6 is 0 Å². The zero-order chi connectivity index (χ0) is 13.1. The monoisotopic (exact) mass is 249 g/mol. The van der Waals surface area contributed by atoms with E-state index in [9.17, 15) is 9.59 Å². The molecule has 2 heterocycles. The van der Waals surface area contributed by atoms with Crippen LogP contribution in [-0.2, 0) is 4.74 Å². The minimum atomic E-state index is -0.599. The Kier molecular flexibility index (Phi) is 3.31. The molecule has 0 amide bonds. The van der Waals surface area contributed by atoms with Gasteiger partial charge in [0.25, 0.3) is 5.56 Å². The van der Waals surface area contributed by atoms with Gasteiger partial charge in [0.2, 0.25) is 0 Å². The van der Waals surface area contributed by atoms with Gasteiger partial charge < -0.3 is 4.74 Å². The molecule has 0 spiro atoms. The molecule has 1 aliphatic heterocycles. The SMILES string of the molecule is Cc1cn([C@@H]2C=C[C@@H](N=[N+]=[N-])CO2)c(=O)[nH]c1=O. The second-order valence-corrected chi connectivity index (χ2v) is 3.86. The van der Waals surface area contributed by atoms with Gasteiger partial charge in [-0.2, -0.15) is 0 Å². The lowest BCUT2D eigenvalue weighted by atomic mass is 10.2. The lowest BCUT2D eigenvalue weighted by Gasteiger charge is -2.22. The van der Waals surface area contributed by atoms with Crippen molar-refractivity contribution in [3.63, 3.8) is 0 Å². The van der Waals surface area contributed by atoms with Crippen molar-refractivity contribution < 1.29 is 4.74 Å². The van der Waals surface area contributed by atoms with Gasteiger partial charge in [-0.05, 0) is 18.5 Å². The highest BCUT2D eigenvalue weighted by Gasteiger charge is 2.17. The predicted molar refractivity (Wildman–Crippen MR) is 63.1 cm³/mol. The third-order valence-electron chi connectivity index (χ3n) is 2.56. The summed E-state index contributed by atoms with van der Waals surface area (Å²) >= 11 is 0. The normalized spacial score (nSPS) is 22.5. The van der Waals surface area contributed by atoms with E-state index in [4.69, 9.17) is 10.3 Å². The second kappa shape index (κ2) is 4.91. The summed E-state index contributed by atoms with van der Waals surface area (Å²) in [7, 11) is 0. The topological polar surface area (TPSA) is 113 Å². The van der Waals surface area contributed by atoms with Gasteiger partial charge in [-0.3, -0.25) is 14.3 Å². The van der Waals surface area contributed by atoms with E-state index in [-0.39, 0.29) is 12.6 Å². The number of H-pyrrole nitrogens is 1. The van der Waals surface area contributed by atoms with Crippen molar-refractivity contribution in [3.8, 4) is 0 Å². The average molecular weight is 249 g/mol. The summed E-state index contributed by atoms with van der Waals surface area (Å²) in [6, 6.07) is -0.370. The highest BCUT2D eigenvalue weighted by Crippen LogP contribution is 2.15. The summed E-state index contributed by atoms with van der Waals surface area (Å²) in [6.45, 7) is 1.79. The molecule has 0 aromatic carbocycles. The summed E-state index contributed by atoms with van der Waals surface area (Å²) in [4.78, 5) is 27.7. The number of azide groups is 1. The Morgan fingerprint density at radius 1 is 1.56 bits per heavy atom. The molecule has 18 heavy (non-hydrogen) atoms. The molecule has 0 saturated heterocycles. The number of hydrogen-bond donors (Lipinski definition) is 1. The maximum Gasteiger partial charge on any atom is 0.330 e. The third kappa shape index (κ3) is 2.34.